The molecule has 1 N–H and O–H groups in total. The summed E-state index contributed by atoms with van der Waals surface area (Å²) in [5.74, 6) is -0.423. The highest BCUT2D eigenvalue weighted by atomic mass is 79.9. The highest BCUT2D eigenvalue weighted by Gasteiger charge is 2.13. The van der Waals surface area contributed by atoms with E-state index in [4.69, 9.17) is 23.2 Å². The summed E-state index contributed by atoms with van der Waals surface area (Å²) in [5, 5.41) is 11.0. The van der Waals surface area contributed by atoms with Crippen molar-refractivity contribution in [2.75, 3.05) is 0 Å². The van der Waals surface area contributed by atoms with Crippen molar-refractivity contribution in [3.8, 4) is 0 Å². The van der Waals surface area contributed by atoms with Crippen molar-refractivity contribution in [2.45, 2.75) is 12.5 Å². The first-order valence-electron chi connectivity index (χ1n) is 5.53. The predicted molar refractivity (Wildman–Crippen MR) is 79.2 cm³/mol. The molecule has 0 amide bonds. The molecule has 2 aromatic carbocycles. The Kier molecular flexibility index (Phi) is 4.85. The van der Waals surface area contributed by atoms with Crippen LogP contribution in [0.4, 0.5) is 4.39 Å². The van der Waals surface area contributed by atoms with E-state index in [9.17, 15) is 9.50 Å². The van der Waals surface area contributed by atoms with Gasteiger partial charge in [-0.2, -0.15) is 0 Å². The van der Waals surface area contributed by atoms with E-state index in [1.165, 1.54) is 6.07 Å². The molecule has 0 saturated heterocycles. The number of aliphatic hydroxyl groups excluding tert-OH is 1. The molecular formula is C14H10BrCl2FO. The van der Waals surface area contributed by atoms with E-state index in [0.29, 0.717) is 21.2 Å². The second-order valence-corrected chi connectivity index (χ2v) is 5.95. The number of hydrogen-bond acceptors (Lipinski definition) is 1. The molecule has 0 saturated carbocycles. The first-order chi connectivity index (χ1) is 8.95. The van der Waals surface area contributed by atoms with E-state index < -0.39 is 11.9 Å². The molecule has 0 aromatic heterocycles. The Morgan fingerprint density at radius 2 is 1.84 bits per heavy atom. The number of rotatable bonds is 3. The Balaban J connectivity index is 2.22. The van der Waals surface area contributed by atoms with Gasteiger partial charge in [-0.3, -0.25) is 0 Å². The molecule has 5 heteroatoms. The normalized spacial score (nSPS) is 12.5. The minimum atomic E-state index is -0.828. The van der Waals surface area contributed by atoms with Crippen LogP contribution in [0.3, 0.4) is 0 Å². The Morgan fingerprint density at radius 3 is 2.47 bits per heavy atom. The standard InChI is InChI=1S/C14H10BrCl2FO/c15-10-3-9(4-12(17)6-10)14(19)5-8-1-2-11(16)7-13(8)18/h1-4,6-7,14,19H,5H2. The molecule has 1 atom stereocenters. The molecule has 0 heterocycles. The van der Waals surface area contributed by atoms with E-state index in [1.807, 2.05) is 0 Å². The van der Waals surface area contributed by atoms with Crippen molar-refractivity contribution >= 4 is 39.1 Å². The van der Waals surface area contributed by atoms with Gasteiger partial charge in [0.15, 0.2) is 0 Å². The molecule has 19 heavy (non-hydrogen) atoms. The zero-order valence-electron chi connectivity index (χ0n) is 9.71. The summed E-state index contributed by atoms with van der Waals surface area (Å²) in [4.78, 5) is 0. The third kappa shape index (κ3) is 3.93. The van der Waals surface area contributed by atoms with Crippen molar-refractivity contribution in [1.29, 1.82) is 0 Å². The van der Waals surface area contributed by atoms with Gasteiger partial charge < -0.3 is 5.11 Å². The molecule has 0 aliphatic rings. The summed E-state index contributed by atoms with van der Waals surface area (Å²) < 4.78 is 14.4. The Bertz CT molecular complexity index is 584. The van der Waals surface area contributed by atoms with Crippen LogP contribution in [-0.2, 0) is 6.42 Å². The third-order valence-electron chi connectivity index (χ3n) is 2.70. The topological polar surface area (TPSA) is 20.2 Å². The van der Waals surface area contributed by atoms with Crippen LogP contribution in [0.25, 0.3) is 0 Å². The molecule has 0 spiro atoms. The molecule has 1 unspecified atom stereocenters. The van der Waals surface area contributed by atoms with E-state index in [0.717, 1.165) is 4.47 Å². The van der Waals surface area contributed by atoms with Gasteiger partial charge in [-0.15, -0.1) is 0 Å². The van der Waals surface area contributed by atoms with Crippen molar-refractivity contribution < 1.29 is 9.50 Å². The van der Waals surface area contributed by atoms with Crippen LogP contribution in [0.15, 0.2) is 40.9 Å². The van der Waals surface area contributed by atoms with Crippen molar-refractivity contribution in [3.05, 3.63) is 67.9 Å². The molecule has 2 aromatic rings. The summed E-state index contributed by atoms with van der Waals surface area (Å²) in [5.41, 5.74) is 1.04. The second kappa shape index (κ2) is 6.23. The maximum absolute atomic E-state index is 13.7. The summed E-state index contributed by atoms with van der Waals surface area (Å²) >= 11 is 14.9. The van der Waals surface area contributed by atoms with E-state index in [2.05, 4.69) is 15.9 Å². The molecule has 0 bridgehead atoms. The lowest BCUT2D eigenvalue weighted by Crippen LogP contribution is -2.03. The van der Waals surface area contributed by atoms with Gasteiger partial charge in [0.25, 0.3) is 0 Å². The maximum atomic E-state index is 13.7. The predicted octanol–water partition coefficient (Wildman–Crippen LogP) is 5.17. The lowest BCUT2D eigenvalue weighted by molar-refractivity contribution is 0.177. The van der Waals surface area contributed by atoms with Gasteiger partial charge in [-0.05, 0) is 41.5 Å². The number of benzene rings is 2. The third-order valence-corrected chi connectivity index (χ3v) is 3.61. The van der Waals surface area contributed by atoms with Gasteiger partial charge in [0.2, 0.25) is 0 Å². The number of hydrogen-bond donors (Lipinski definition) is 1. The molecule has 0 aliphatic carbocycles. The van der Waals surface area contributed by atoms with Crippen LogP contribution < -0.4 is 0 Å². The SMILES string of the molecule is OC(Cc1ccc(Cl)cc1F)c1cc(Cl)cc(Br)c1. The first kappa shape index (κ1) is 14.8. The zero-order valence-corrected chi connectivity index (χ0v) is 12.8. The summed E-state index contributed by atoms with van der Waals surface area (Å²) in [6, 6.07) is 9.54. The molecule has 1 nitrogen and oxygen atoms in total. The fourth-order valence-corrected chi connectivity index (χ4v) is 2.83. The monoisotopic (exact) mass is 362 g/mol. The minimum Gasteiger partial charge on any atom is -0.388 e. The highest BCUT2D eigenvalue weighted by molar-refractivity contribution is 9.10. The highest BCUT2D eigenvalue weighted by Crippen LogP contribution is 2.27. The lowest BCUT2D eigenvalue weighted by Gasteiger charge is -2.13. The van der Waals surface area contributed by atoms with Crippen LogP contribution >= 0.6 is 39.1 Å². The molecule has 100 valence electrons. The van der Waals surface area contributed by atoms with E-state index in [1.54, 1.807) is 30.3 Å². The fraction of sp³-hybridized carbons (Fsp3) is 0.143. The van der Waals surface area contributed by atoms with Crippen LogP contribution in [0, 0.1) is 5.82 Å². The molecule has 0 radical (unpaired) electrons. The second-order valence-electron chi connectivity index (χ2n) is 4.16. The molecule has 0 aliphatic heterocycles. The number of halogens is 4. The van der Waals surface area contributed by atoms with Crippen LogP contribution in [0.1, 0.15) is 17.2 Å². The fourth-order valence-electron chi connectivity index (χ4n) is 1.78. The molecule has 0 fully saturated rings. The van der Waals surface area contributed by atoms with Gasteiger partial charge in [-0.25, -0.2) is 4.39 Å². The van der Waals surface area contributed by atoms with Gasteiger partial charge in [0.05, 0.1) is 6.10 Å². The van der Waals surface area contributed by atoms with E-state index in [-0.39, 0.29) is 6.42 Å². The first-order valence-corrected chi connectivity index (χ1v) is 7.08. The Labute approximate surface area is 129 Å². The largest absolute Gasteiger partial charge is 0.388 e. The molecule has 2 rings (SSSR count). The smallest absolute Gasteiger partial charge is 0.127 e. The summed E-state index contributed by atoms with van der Waals surface area (Å²) in [7, 11) is 0. The van der Waals surface area contributed by atoms with Crippen LogP contribution in [0.5, 0.6) is 0 Å². The van der Waals surface area contributed by atoms with Gasteiger partial charge >= 0.3 is 0 Å². The van der Waals surface area contributed by atoms with Gasteiger partial charge in [-0.1, -0.05) is 45.2 Å². The van der Waals surface area contributed by atoms with Crippen LogP contribution in [-0.4, -0.2) is 5.11 Å². The quantitative estimate of drug-likeness (QED) is 0.797. The van der Waals surface area contributed by atoms with Gasteiger partial charge in [0, 0.05) is 20.9 Å². The Morgan fingerprint density at radius 1 is 1.11 bits per heavy atom. The lowest BCUT2D eigenvalue weighted by atomic mass is 10.0. The number of aliphatic hydroxyl groups is 1. The van der Waals surface area contributed by atoms with E-state index >= 15 is 0 Å². The average molecular weight is 364 g/mol. The van der Waals surface area contributed by atoms with Crippen molar-refractivity contribution in [3.63, 3.8) is 0 Å². The minimum absolute atomic E-state index is 0.162. The van der Waals surface area contributed by atoms with Crippen LogP contribution in [0.2, 0.25) is 10.0 Å². The Hall–Kier alpha value is -0.610. The zero-order chi connectivity index (χ0) is 14.0. The summed E-state index contributed by atoms with van der Waals surface area (Å²) in [6.07, 6.45) is -0.666. The summed E-state index contributed by atoms with van der Waals surface area (Å²) in [6.45, 7) is 0. The maximum Gasteiger partial charge on any atom is 0.127 e. The van der Waals surface area contributed by atoms with Gasteiger partial charge in [0.1, 0.15) is 5.82 Å². The van der Waals surface area contributed by atoms with Crippen molar-refractivity contribution in [1.82, 2.24) is 0 Å². The van der Waals surface area contributed by atoms with Crippen molar-refractivity contribution in [2.24, 2.45) is 0 Å². The molecular weight excluding hydrogens is 354 g/mol. The average Bonchev–Trinajstić information content (AvgIpc) is 2.31.